The van der Waals surface area contributed by atoms with Gasteiger partial charge in [0, 0.05) is 22.3 Å². The zero-order valence-electron chi connectivity index (χ0n) is 10.4. The van der Waals surface area contributed by atoms with E-state index in [9.17, 15) is 4.79 Å². The van der Waals surface area contributed by atoms with Crippen LogP contribution in [0.3, 0.4) is 0 Å². The molecule has 0 saturated carbocycles. The second kappa shape index (κ2) is 7.42. The lowest BCUT2D eigenvalue weighted by Crippen LogP contribution is -2.43. The van der Waals surface area contributed by atoms with E-state index in [1.165, 1.54) is 0 Å². The average Bonchev–Trinajstić information content (AvgIpc) is 2.33. The molecule has 1 N–H and O–H groups in total. The van der Waals surface area contributed by atoms with Crippen molar-refractivity contribution in [3.05, 3.63) is 31.8 Å². The van der Waals surface area contributed by atoms with Gasteiger partial charge in [-0.15, -0.1) is 0 Å². The van der Waals surface area contributed by atoms with Crippen LogP contribution in [0.5, 0.6) is 0 Å². The summed E-state index contributed by atoms with van der Waals surface area (Å²) in [5, 5.41) is 2.85. The summed E-state index contributed by atoms with van der Waals surface area (Å²) in [4.78, 5) is 12.1. The van der Waals surface area contributed by atoms with Crippen molar-refractivity contribution in [2.75, 3.05) is 14.2 Å². The van der Waals surface area contributed by atoms with Crippen molar-refractivity contribution in [1.82, 2.24) is 5.32 Å². The van der Waals surface area contributed by atoms with E-state index in [0.29, 0.717) is 5.56 Å². The van der Waals surface area contributed by atoms with Gasteiger partial charge in [0.1, 0.15) is 0 Å². The van der Waals surface area contributed by atoms with Crippen LogP contribution >= 0.6 is 38.5 Å². The van der Waals surface area contributed by atoms with Crippen LogP contribution in [0.1, 0.15) is 17.3 Å². The molecule has 0 radical (unpaired) electrons. The minimum Gasteiger partial charge on any atom is -0.354 e. The number of amides is 1. The third-order valence-corrected chi connectivity index (χ3v) is 3.84. The highest BCUT2D eigenvalue weighted by Crippen LogP contribution is 2.18. The summed E-state index contributed by atoms with van der Waals surface area (Å²) in [5.41, 5.74) is 0.628. The van der Waals surface area contributed by atoms with Gasteiger partial charge in [0.2, 0.25) is 0 Å². The van der Waals surface area contributed by atoms with Gasteiger partial charge in [-0.25, -0.2) is 0 Å². The first-order chi connectivity index (χ1) is 8.49. The van der Waals surface area contributed by atoms with Gasteiger partial charge in [-0.05, 0) is 47.7 Å². The van der Waals surface area contributed by atoms with Gasteiger partial charge in [-0.3, -0.25) is 4.79 Å². The van der Waals surface area contributed by atoms with Crippen LogP contribution in [0.25, 0.3) is 0 Å². The van der Waals surface area contributed by atoms with Crippen LogP contribution < -0.4 is 5.32 Å². The van der Waals surface area contributed by atoms with Crippen LogP contribution in [0.15, 0.2) is 22.7 Å². The first kappa shape index (κ1) is 15.9. The largest absolute Gasteiger partial charge is 0.354 e. The van der Waals surface area contributed by atoms with Crippen molar-refractivity contribution in [3.8, 4) is 0 Å². The summed E-state index contributed by atoms with van der Waals surface area (Å²) < 4.78 is 12.0. The summed E-state index contributed by atoms with van der Waals surface area (Å²) in [6, 6.07) is 5.34. The number of benzene rings is 1. The lowest BCUT2D eigenvalue weighted by atomic mass is 10.2. The first-order valence-electron chi connectivity index (χ1n) is 5.31. The Hall–Kier alpha value is -0.180. The number of halogens is 2. The van der Waals surface area contributed by atoms with Gasteiger partial charge in [0.15, 0.2) is 6.29 Å². The lowest BCUT2D eigenvalue weighted by molar-refractivity contribution is -0.117. The summed E-state index contributed by atoms with van der Waals surface area (Å²) in [6.07, 6.45) is -0.459. The lowest BCUT2D eigenvalue weighted by Gasteiger charge is -2.22. The highest BCUT2D eigenvalue weighted by atomic mass is 127. The molecule has 1 atom stereocenters. The van der Waals surface area contributed by atoms with Gasteiger partial charge < -0.3 is 14.8 Å². The van der Waals surface area contributed by atoms with Crippen molar-refractivity contribution < 1.29 is 14.3 Å². The molecule has 0 aliphatic carbocycles. The van der Waals surface area contributed by atoms with Crippen LogP contribution in [0.2, 0.25) is 0 Å². The SMILES string of the molecule is COC(OC)C(C)NC(=O)c1cc(Br)ccc1I. The van der Waals surface area contributed by atoms with Gasteiger partial charge in [0.25, 0.3) is 5.91 Å². The maximum atomic E-state index is 12.1. The molecular weight excluding hydrogens is 413 g/mol. The van der Waals surface area contributed by atoms with Gasteiger partial charge in [0.05, 0.1) is 11.6 Å². The van der Waals surface area contributed by atoms with E-state index in [0.717, 1.165) is 8.04 Å². The number of carbonyl (C=O) groups excluding carboxylic acids is 1. The minimum absolute atomic E-state index is 0.146. The topological polar surface area (TPSA) is 47.6 Å². The average molecular weight is 428 g/mol. The quantitative estimate of drug-likeness (QED) is 0.580. The number of carbonyl (C=O) groups is 1. The molecule has 0 aliphatic heterocycles. The van der Waals surface area contributed by atoms with Crippen LogP contribution in [-0.2, 0) is 9.47 Å². The maximum absolute atomic E-state index is 12.1. The van der Waals surface area contributed by atoms with E-state index in [4.69, 9.17) is 9.47 Å². The Morgan fingerprint density at radius 2 is 2.00 bits per heavy atom. The molecule has 6 heteroatoms. The highest BCUT2D eigenvalue weighted by molar-refractivity contribution is 14.1. The molecule has 0 heterocycles. The van der Waals surface area contributed by atoms with Gasteiger partial charge >= 0.3 is 0 Å². The third-order valence-electron chi connectivity index (χ3n) is 2.40. The zero-order chi connectivity index (χ0) is 13.7. The smallest absolute Gasteiger partial charge is 0.252 e. The molecule has 1 amide bonds. The molecule has 18 heavy (non-hydrogen) atoms. The van der Waals surface area contributed by atoms with Crippen molar-refractivity contribution in [1.29, 1.82) is 0 Å². The third kappa shape index (κ3) is 4.18. The minimum atomic E-state index is -0.459. The fourth-order valence-corrected chi connectivity index (χ4v) is 2.47. The molecule has 0 fully saturated rings. The molecule has 1 aromatic rings. The van der Waals surface area contributed by atoms with E-state index < -0.39 is 6.29 Å². The normalized spacial score (nSPS) is 12.6. The van der Waals surface area contributed by atoms with E-state index in [2.05, 4.69) is 43.8 Å². The fraction of sp³-hybridized carbons (Fsp3) is 0.417. The van der Waals surface area contributed by atoms with Crippen molar-refractivity contribution >= 4 is 44.4 Å². The Balaban J connectivity index is 2.79. The van der Waals surface area contributed by atoms with Gasteiger partial charge in [-0.1, -0.05) is 15.9 Å². The maximum Gasteiger partial charge on any atom is 0.252 e. The second-order valence-electron chi connectivity index (χ2n) is 3.73. The van der Waals surface area contributed by atoms with Crippen LogP contribution in [0.4, 0.5) is 0 Å². The summed E-state index contributed by atoms with van der Waals surface area (Å²) in [5.74, 6) is -0.146. The Bertz CT molecular complexity index is 424. The molecule has 0 aliphatic rings. The summed E-state index contributed by atoms with van der Waals surface area (Å²) >= 11 is 5.49. The molecule has 4 nitrogen and oxygen atoms in total. The number of hydrogen-bond acceptors (Lipinski definition) is 3. The zero-order valence-corrected chi connectivity index (χ0v) is 14.1. The number of ether oxygens (including phenoxy) is 2. The Labute approximate surface area is 129 Å². The van der Waals surface area contributed by atoms with Crippen LogP contribution in [0, 0.1) is 3.57 Å². The first-order valence-corrected chi connectivity index (χ1v) is 7.18. The number of hydrogen-bond donors (Lipinski definition) is 1. The predicted molar refractivity (Wildman–Crippen MR) is 81.6 cm³/mol. The van der Waals surface area contributed by atoms with Crippen molar-refractivity contribution in [2.45, 2.75) is 19.3 Å². The van der Waals surface area contributed by atoms with E-state index >= 15 is 0 Å². The highest BCUT2D eigenvalue weighted by Gasteiger charge is 2.20. The summed E-state index contributed by atoms with van der Waals surface area (Å²) in [6.45, 7) is 1.83. The second-order valence-corrected chi connectivity index (χ2v) is 5.80. The molecule has 0 saturated heterocycles. The molecule has 1 rings (SSSR count). The molecule has 1 aromatic carbocycles. The monoisotopic (exact) mass is 427 g/mol. The predicted octanol–water partition coefficient (Wildman–Crippen LogP) is 2.79. The fourth-order valence-electron chi connectivity index (χ4n) is 1.53. The number of rotatable bonds is 5. The Morgan fingerprint density at radius 1 is 1.39 bits per heavy atom. The Kier molecular flexibility index (Phi) is 6.54. The molecule has 0 aromatic heterocycles. The standard InChI is InChI=1S/C12H15BrINO3/c1-7(12(17-2)18-3)15-11(16)9-6-8(13)4-5-10(9)14/h4-7,12H,1-3H3,(H,15,16). The molecule has 100 valence electrons. The molecule has 1 unspecified atom stereocenters. The van der Waals surface area contributed by atoms with E-state index in [-0.39, 0.29) is 11.9 Å². The number of methoxy groups -OCH3 is 2. The van der Waals surface area contributed by atoms with E-state index in [1.54, 1.807) is 20.3 Å². The molecule has 0 bridgehead atoms. The number of nitrogens with one attached hydrogen (secondary N) is 1. The summed E-state index contributed by atoms with van der Waals surface area (Å²) in [7, 11) is 3.08. The molecular formula is C12H15BrINO3. The van der Waals surface area contributed by atoms with E-state index in [1.807, 2.05) is 19.1 Å². The van der Waals surface area contributed by atoms with Crippen molar-refractivity contribution in [3.63, 3.8) is 0 Å². The van der Waals surface area contributed by atoms with Crippen LogP contribution in [-0.4, -0.2) is 32.5 Å². The van der Waals surface area contributed by atoms with Gasteiger partial charge in [-0.2, -0.15) is 0 Å². The molecule has 0 spiro atoms. The Morgan fingerprint density at radius 3 is 2.56 bits per heavy atom. The van der Waals surface area contributed by atoms with Crippen molar-refractivity contribution in [2.24, 2.45) is 0 Å².